The molecule has 0 spiro atoms. The Labute approximate surface area is 119 Å². The van der Waals surface area contributed by atoms with Crippen LogP contribution >= 0.6 is 0 Å². The summed E-state index contributed by atoms with van der Waals surface area (Å²) in [5.74, 6) is -16.1. The minimum atomic E-state index is -2.44. The van der Waals surface area contributed by atoms with Crippen molar-refractivity contribution in [2.75, 3.05) is 0 Å². The summed E-state index contributed by atoms with van der Waals surface area (Å²) in [7, 11) is 0. The van der Waals surface area contributed by atoms with E-state index in [1.54, 1.807) is 0 Å². The lowest BCUT2D eigenvalue weighted by molar-refractivity contribution is -0.237. The number of rotatable bonds is 2. The Morgan fingerprint density at radius 3 is 1.82 bits per heavy atom. The summed E-state index contributed by atoms with van der Waals surface area (Å²) in [6.45, 7) is 0. The zero-order valence-corrected chi connectivity index (χ0v) is 10.5. The van der Waals surface area contributed by atoms with E-state index in [1.165, 1.54) is 0 Å². The normalized spacial score (nSPS) is 17.0. The lowest BCUT2D eigenvalue weighted by atomic mass is 9.83. The van der Waals surface area contributed by atoms with Crippen molar-refractivity contribution in [3.8, 4) is 0 Å². The van der Waals surface area contributed by atoms with E-state index in [0.717, 1.165) is 0 Å². The SMILES string of the molecule is N=C1CCC1C(=O)OOC(=O)c1c(F)c(F)c(F)c(F)c1F. The van der Waals surface area contributed by atoms with Crippen LogP contribution in [0, 0.1) is 40.4 Å². The van der Waals surface area contributed by atoms with E-state index in [-0.39, 0.29) is 12.1 Å². The lowest BCUT2D eigenvalue weighted by Crippen LogP contribution is -2.34. The van der Waals surface area contributed by atoms with Crippen LogP contribution in [0.1, 0.15) is 23.2 Å². The van der Waals surface area contributed by atoms with E-state index >= 15 is 0 Å². The average Bonchev–Trinajstić information content (AvgIpc) is 2.47. The Morgan fingerprint density at radius 2 is 1.41 bits per heavy atom. The molecule has 10 heteroatoms. The first-order chi connectivity index (χ1) is 10.3. The summed E-state index contributed by atoms with van der Waals surface area (Å²) in [5, 5.41) is 7.21. The number of halogens is 5. The molecule has 22 heavy (non-hydrogen) atoms. The third kappa shape index (κ3) is 2.51. The molecule has 118 valence electrons. The van der Waals surface area contributed by atoms with Crippen LogP contribution in [0.3, 0.4) is 0 Å². The number of hydrogen-bond donors (Lipinski definition) is 1. The van der Waals surface area contributed by atoms with Gasteiger partial charge in [0, 0.05) is 5.71 Å². The molecule has 1 aromatic carbocycles. The van der Waals surface area contributed by atoms with Crippen LogP contribution in [0.15, 0.2) is 0 Å². The molecule has 1 saturated carbocycles. The van der Waals surface area contributed by atoms with Gasteiger partial charge in [-0.2, -0.15) is 0 Å². The van der Waals surface area contributed by atoms with Crippen LogP contribution in [0.4, 0.5) is 22.0 Å². The highest BCUT2D eigenvalue weighted by molar-refractivity contribution is 6.04. The van der Waals surface area contributed by atoms with E-state index in [4.69, 9.17) is 5.41 Å². The second-order valence-electron chi connectivity index (χ2n) is 4.33. The summed E-state index contributed by atoms with van der Waals surface area (Å²) >= 11 is 0. The van der Waals surface area contributed by atoms with Crippen molar-refractivity contribution in [3.05, 3.63) is 34.6 Å². The summed E-state index contributed by atoms with van der Waals surface area (Å²) in [6.07, 6.45) is 0.600. The van der Waals surface area contributed by atoms with Crippen LogP contribution < -0.4 is 0 Å². The number of benzene rings is 1. The van der Waals surface area contributed by atoms with Gasteiger partial charge in [-0.15, -0.1) is 0 Å². The van der Waals surface area contributed by atoms with Crippen molar-refractivity contribution in [1.29, 1.82) is 5.41 Å². The lowest BCUT2D eigenvalue weighted by Gasteiger charge is -2.23. The van der Waals surface area contributed by atoms with Crippen LogP contribution in [0.25, 0.3) is 0 Å². The Bertz CT molecular complexity index is 662. The average molecular weight is 323 g/mol. The molecule has 1 unspecified atom stereocenters. The van der Waals surface area contributed by atoms with Gasteiger partial charge in [0.25, 0.3) is 0 Å². The second-order valence-corrected chi connectivity index (χ2v) is 4.33. The Kier molecular flexibility index (Phi) is 4.11. The first-order valence-corrected chi connectivity index (χ1v) is 5.77. The Hall–Kier alpha value is -2.52. The molecule has 0 heterocycles. The van der Waals surface area contributed by atoms with Gasteiger partial charge in [0.1, 0.15) is 5.56 Å². The van der Waals surface area contributed by atoms with Crippen molar-refractivity contribution in [2.45, 2.75) is 12.8 Å². The van der Waals surface area contributed by atoms with Gasteiger partial charge in [0.05, 0.1) is 5.92 Å². The third-order valence-electron chi connectivity index (χ3n) is 3.02. The molecule has 0 bridgehead atoms. The highest BCUT2D eigenvalue weighted by Gasteiger charge is 2.36. The summed E-state index contributed by atoms with van der Waals surface area (Å²) in [4.78, 5) is 30.4. The van der Waals surface area contributed by atoms with Gasteiger partial charge in [0.15, 0.2) is 23.3 Å². The topological polar surface area (TPSA) is 76.5 Å². The molecule has 1 aliphatic carbocycles. The fraction of sp³-hybridized carbons (Fsp3) is 0.250. The molecule has 5 nitrogen and oxygen atoms in total. The van der Waals surface area contributed by atoms with Gasteiger partial charge in [-0.1, -0.05) is 0 Å². The molecule has 0 amide bonds. The molecule has 1 aliphatic rings. The van der Waals surface area contributed by atoms with Crippen molar-refractivity contribution in [3.63, 3.8) is 0 Å². The number of hydrogen-bond acceptors (Lipinski definition) is 5. The summed E-state index contributed by atoms with van der Waals surface area (Å²) in [5.41, 5.74) is -1.87. The maximum absolute atomic E-state index is 13.3. The molecule has 1 fully saturated rings. The molecule has 1 N–H and O–H groups in total. The maximum Gasteiger partial charge on any atom is 0.392 e. The highest BCUT2D eigenvalue weighted by atomic mass is 19.2. The predicted molar refractivity (Wildman–Crippen MR) is 58.2 cm³/mol. The van der Waals surface area contributed by atoms with Gasteiger partial charge in [-0.05, 0) is 12.8 Å². The summed E-state index contributed by atoms with van der Waals surface area (Å²) < 4.78 is 65.1. The minimum absolute atomic E-state index is 0.0114. The first-order valence-electron chi connectivity index (χ1n) is 5.77. The van der Waals surface area contributed by atoms with Gasteiger partial charge in [0.2, 0.25) is 5.82 Å². The Balaban J connectivity index is 2.16. The fourth-order valence-electron chi connectivity index (χ4n) is 1.66. The minimum Gasteiger partial charge on any atom is -0.309 e. The quantitative estimate of drug-likeness (QED) is 0.298. The molecule has 1 atom stereocenters. The van der Waals surface area contributed by atoms with E-state index in [1.807, 2.05) is 0 Å². The van der Waals surface area contributed by atoms with Crippen molar-refractivity contribution < 1.29 is 41.3 Å². The van der Waals surface area contributed by atoms with Gasteiger partial charge < -0.3 is 5.41 Å². The predicted octanol–water partition coefficient (Wildman–Crippen LogP) is 2.43. The largest absolute Gasteiger partial charge is 0.392 e. The molecule has 1 aromatic rings. The second kappa shape index (κ2) is 5.70. The molecular weight excluding hydrogens is 317 g/mol. The summed E-state index contributed by atoms with van der Waals surface area (Å²) in [6, 6.07) is 0. The van der Waals surface area contributed by atoms with E-state index < -0.39 is 52.5 Å². The van der Waals surface area contributed by atoms with Crippen LogP contribution in [-0.2, 0) is 14.6 Å². The number of carbonyl (C=O) groups excluding carboxylic acids is 2. The van der Waals surface area contributed by atoms with E-state index in [9.17, 15) is 31.5 Å². The van der Waals surface area contributed by atoms with Crippen molar-refractivity contribution >= 4 is 17.7 Å². The van der Waals surface area contributed by atoms with Crippen molar-refractivity contribution in [2.24, 2.45) is 5.92 Å². The molecule has 0 saturated heterocycles. The molecule has 0 aliphatic heterocycles. The molecule has 0 aromatic heterocycles. The van der Waals surface area contributed by atoms with Gasteiger partial charge >= 0.3 is 11.9 Å². The Morgan fingerprint density at radius 1 is 0.909 bits per heavy atom. The van der Waals surface area contributed by atoms with Gasteiger partial charge in [-0.3, -0.25) is 0 Å². The smallest absolute Gasteiger partial charge is 0.309 e. The van der Waals surface area contributed by atoms with Crippen molar-refractivity contribution in [1.82, 2.24) is 0 Å². The fourth-order valence-corrected chi connectivity index (χ4v) is 1.66. The van der Waals surface area contributed by atoms with E-state index in [0.29, 0.717) is 6.42 Å². The van der Waals surface area contributed by atoms with Crippen LogP contribution in [-0.4, -0.2) is 17.7 Å². The van der Waals surface area contributed by atoms with Gasteiger partial charge in [-0.25, -0.2) is 41.3 Å². The zero-order valence-electron chi connectivity index (χ0n) is 10.5. The van der Waals surface area contributed by atoms with Crippen LogP contribution in [0.5, 0.6) is 0 Å². The monoisotopic (exact) mass is 323 g/mol. The maximum atomic E-state index is 13.3. The zero-order chi connectivity index (χ0) is 16.6. The molecule has 0 radical (unpaired) electrons. The highest BCUT2D eigenvalue weighted by Crippen LogP contribution is 2.26. The third-order valence-corrected chi connectivity index (χ3v) is 3.02. The first kappa shape index (κ1) is 15.9. The molecule has 2 rings (SSSR count). The molecular formula is C12H6F5NO4. The van der Waals surface area contributed by atoms with E-state index in [2.05, 4.69) is 9.78 Å². The number of carbonyl (C=O) groups is 2. The number of nitrogens with one attached hydrogen (secondary N) is 1. The van der Waals surface area contributed by atoms with Crippen LogP contribution in [0.2, 0.25) is 0 Å². The standard InChI is InChI=1S/C12H6F5NO4/c13-6-5(7(14)9(16)10(17)8(6)15)12(20)22-21-11(19)3-1-2-4(3)18/h3,18H,1-2H2.